The largest absolute Gasteiger partial charge is 0.411 e. The minimum absolute atomic E-state index is 0.0157. The third kappa shape index (κ3) is 5.40. The maximum absolute atomic E-state index is 12.0. The number of fused-ring (bicyclic) bond motifs is 1. The Kier molecular flexibility index (Phi) is 5.84. The van der Waals surface area contributed by atoms with Crippen molar-refractivity contribution in [1.82, 2.24) is 9.55 Å². The Balaban J connectivity index is 2.00. The zero-order valence-electron chi connectivity index (χ0n) is 12.8. The van der Waals surface area contributed by atoms with Gasteiger partial charge in [-0.15, -0.1) is 0 Å². The molecule has 8 heteroatoms. The summed E-state index contributed by atoms with van der Waals surface area (Å²) in [5, 5.41) is 12.4. The highest BCUT2D eigenvalue weighted by Crippen LogP contribution is 2.20. The monoisotopic (exact) mass is 331 g/mol. The molecule has 2 N–H and O–H groups in total. The van der Waals surface area contributed by atoms with Crippen LogP contribution in [-0.2, 0) is 11.3 Å². The zero-order chi connectivity index (χ0) is 16.9. The fourth-order valence-corrected chi connectivity index (χ4v) is 2.19. The summed E-state index contributed by atoms with van der Waals surface area (Å²) in [6.07, 6.45) is -4.40. The average molecular weight is 331 g/mol. The smallest absolute Gasteiger partial charge is 0.392 e. The first-order valence-electron chi connectivity index (χ1n) is 7.38. The second-order valence-corrected chi connectivity index (χ2v) is 5.33. The van der Waals surface area contributed by atoms with Crippen LogP contribution < -0.4 is 5.32 Å². The van der Waals surface area contributed by atoms with Gasteiger partial charge in [-0.3, -0.25) is 0 Å². The Morgan fingerprint density at radius 2 is 2.09 bits per heavy atom. The summed E-state index contributed by atoms with van der Waals surface area (Å²) in [6.45, 7) is 1.26. The fraction of sp³-hybridized carbons (Fsp3) is 0.533. The SMILES string of the molecule is C[C@H](O)CNc1nc2ccccc2n1CCCOCC(F)(F)F. The lowest BCUT2D eigenvalue weighted by Crippen LogP contribution is -2.19. The average Bonchev–Trinajstić information content (AvgIpc) is 2.81. The van der Waals surface area contributed by atoms with Crippen molar-refractivity contribution in [1.29, 1.82) is 0 Å². The first-order valence-corrected chi connectivity index (χ1v) is 7.38. The maximum Gasteiger partial charge on any atom is 0.411 e. The van der Waals surface area contributed by atoms with Gasteiger partial charge in [-0.1, -0.05) is 12.1 Å². The number of hydrogen-bond acceptors (Lipinski definition) is 4. The molecule has 1 aromatic carbocycles. The molecule has 0 saturated heterocycles. The molecule has 2 rings (SSSR count). The third-order valence-electron chi connectivity index (χ3n) is 3.15. The van der Waals surface area contributed by atoms with Crippen molar-refractivity contribution in [3.8, 4) is 0 Å². The van der Waals surface area contributed by atoms with Crippen molar-refractivity contribution in [2.45, 2.75) is 32.2 Å². The van der Waals surface area contributed by atoms with Gasteiger partial charge >= 0.3 is 6.18 Å². The Bertz CT molecular complexity index is 626. The Morgan fingerprint density at radius 1 is 1.35 bits per heavy atom. The van der Waals surface area contributed by atoms with Gasteiger partial charge in [0, 0.05) is 19.7 Å². The molecule has 5 nitrogen and oxygen atoms in total. The van der Waals surface area contributed by atoms with Crippen LogP contribution in [0.25, 0.3) is 11.0 Å². The van der Waals surface area contributed by atoms with Crippen LogP contribution in [0.3, 0.4) is 0 Å². The first-order chi connectivity index (χ1) is 10.9. The van der Waals surface area contributed by atoms with Crippen molar-refractivity contribution in [2.75, 3.05) is 25.1 Å². The minimum Gasteiger partial charge on any atom is -0.392 e. The van der Waals surface area contributed by atoms with Crippen LogP contribution in [0.2, 0.25) is 0 Å². The molecule has 0 bridgehead atoms. The molecular weight excluding hydrogens is 311 g/mol. The first kappa shape index (κ1) is 17.6. The van der Waals surface area contributed by atoms with Gasteiger partial charge in [-0.25, -0.2) is 4.98 Å². The summed E-state index contributed by atoms with van der Waals surface area (Å²) in [6, 6.07) is 7.50. The van der Waals surface area contributed by atoms with Crippen molar-refractivity contribution < 1.29 is 23.0 Å². The van der Waals surface area contributed by atoms with Crippen molar-refractivity contribution in [3.05, 3.63) is 24.3 Å². The van der Waals surface area contributed by atoms with Gasteiger partial charge in [0.2, 0.25) is 5.95 Å². The van der Waals surface area contributed by atoms with Gasteiger partial charge < -0.3 is 19.7 Å². The highest BCUT2D eigenvalue weighted by molar-refractivity contribution is 5.78. The summed E-state index contributed by atoms with van der Waals surface area (Å²) in [7, 11) is 0. The van der Waals surface area contributed by atoms with E-state index in [9.17, 15) is 18.3 Å². The number of rotatable bonds is 8. The summed E-state index contributed by atoms with van der Waals surface area (Å²) < 4.78 is 42.6. The van der Waals surface area contributed by atoms with Gasteiger partial charge in [0.05, 0.1) is 17.1 Å². The predicted molar refractivity (Wildman–Crippen MR) is 81.4 cm³/mol. The molecular formula is C15H20F3N3O2. The van der Waals surface area contributed by atoms with Crippen LogP contribution >= 0.6 is 0 Å². The molecule has 2 aromatic rings. The van der Waals surface area contributed by atoms with E-state index < -0.39 is 18.9 Å². The quantitative estimate of drug-likeness (QED) is 0.730. The van der Waals surface area contributed by atoms with E-state index in [1.165, 1.54) is 0 Å². The number of nitrogens with one attached hydrogen (secondary N) is 1. The molecule has 0 fully saturated rings. The number of imidazole rings is 1. The number of hydrogen-bond donors (Lipinski definition) is 2. The van der Waals surface area contributed by atoms with Crippen LogP contribution in [0.15, 0.2) is 24.3 Å². The van der Waals surface area contributed by atoms with E-state index in [0.717, 1.165) is 11.0 Å². The van der Waals surface area contributed by atoms with Gasteiger partial charge in [0.15, 0.2) is 0 Å². The lowest BCUT2D eigenvalue weighted by Gasteiger charge is -2.12. The normalized spacial score (nSPS) is 13.4. The Morgan fingerprint density at radius 3 is 2.78 bits per heavy atom. The lowest BCUT2D eigenvalue weighted by atomic mass is 10.3. The van der Waals surface area contributed by atoms with Gasteiger partial charge in [-0.2, -0.15) is 13.2 Å². The number of aliphatic hydroxyl groups is 1. The number of ether oxygens (including phenoxy) is 1. The maximum atomic E-state index is 12.0. The van der Waals surface area contributed by atoms with Crippen molar-refractivity contribution >= 4 is 17.0 Å². The summed E-state index contributed by atoms with van der Waals surface area (Å²) in [4.78, 5) is 4.44. The number of alkyl halides is 3. The molecule has 0 aliphatic heterocycles. The third-order valence-corrected chi connectivity index (χ3v) is 3.15. The topological polar surface area (TPSA) is 59.3 Å². The molecule has 0 aliphatic rings. The number of benzene rings is 1. The molecule has 0 spiro atoms. The molecule has 0 aliphatic carbocycles. The number of anilines is 1. The molecule has 128 valence electrons. The second kappa shape index (κ2) is 7.65. The molecule has 0 unspecified atom stereocenters. The highest BCUT2D eigenvalue weighted by Gasteiger charge is 2.27. The van der Waals surface area contributed by atoms with E-state index >= 15 is 0 Å². The van der Waals surface area contributed by atoms with E-state index in [1.807, 2.05) is 28.8 Å². The molecule has 23 heavy (non-hydrogen) atoms. The number of aromatic nitrogens is 2. The van der Waals surface area contributed by atoms with E-state index in [2.05, 4.69) is 15.0 Å². The van der Waals surface area contributed by atoms with E-state index in [0.29, 0.717) is 25.5 Å². The number of aliphatic hydroxyl groups excluding tert-OH is 1. The molecule has 1 atom stereocenters. The van der Waals surface area contributed by atoms with Crippen molar-refractivity contribution in [2.24, 2.45) is 0 Å². The summed E-state index contributed by atoms with van der Waals surface area (Å²) in [5.74, 6) is 0.586. The minimum atomic E-state index is -4.30. The van der Waals surface area contributed by atoms with Crippen LogP contribution in [0.5, 0.6) is 0 Å². The highest BCUT2D eigenvalue weighted by atomic mass is 19.4. The second-order valence-electron chi connectivity index (χ2n) is 5.33. The van der Waals surface area contributed by atoms with E-state index in [4.69, 9.17) is 0 Å². The Hall–Kier alpha value is -1.80. The summed E-state index contributed by atoms with van der Waals surface area (Å²) in [5.41, 5.74) is 1.67. The Labute approximate surface area is 132 Å². The molecule has 1 heterocycles. The fourth-order valence-electron chi connectivity index (χ4n) is 2.19. The van der Waals surface area contributed by atoms with E-state index in [1.54, 1.807) is 6.92 Å². The van der Waals surface area contributed by atoms with Crippen LogP contribution in [-0.4, -0.2) is 46.7 Å². The van der Waals surface area contributed by atoms with Gasteiger partial charge in [-0.05, 0) is 25.5 Å². The van der Waals surface area contributed by atoms with E-state index in [-0.39, 0.29) is 6.61 Å². The van der Waals surface area contributed by atoms with Gasteiger partial charge in [0.25, 0.3) is 0 Å². The molecule has 1 aromatic heterocycles. The standard InChI is InChI=1S/C15H20F3N3O2/c1-11(22)9-19-14-20-12-5-2-3-6-13(12)21(14)7-4-8-23-10-15(16,17)18/h2-3,5-6,11,22H,4,7-10H2,1H3,(H,19,20)/t11-/m0/s1. The lowest BCUT2D eigenvalue weighted by molar-refractivity contribution is -0.174. The van der Waals surface area contributed by atoms with Gasteiger partial charge in [0.1, 0.15) is 6.61 Å². The number of nitrogens with zero attached hydrogens (tertiary/aromatic N) is 2. The number of aryl methyl sites for hydroxylation is 1. The van der Waals surface area contributed by atoms with Crippen molar-refractivity contribution in [3.63, 3.8) is 0 Å². The van der Waals surface area contributed by atoms with Crippen LogP contribution in [0.4, 0.5) is 19.1 Å². The predicted octanol–water partition coefficient (Wildman–Crippen LogP) is 2.80. The molecule has 0 saturated carbocycles. The molecule has 0 amide bonds. The van der Waals surface area contributed by atoms with Crippen LogP contribution in [0, 0.1) is 0 Å². The number of halogens is 3. The summed E-state index contributed by atoms with van der Waals surface area (Å²) >= 11 is 0. The van der Waals surface area contributed by atoms with Crippen LogP contribution in [0.1, 0.15) is 13.3 Å². The number of para-hydroxylation sites is 2. The molecule has 0 radical (unpaired) electrons. The zero-order valence-corrected chi connectivity index (χ0v) is 12.8.